The molecule has 0 radical (unpaired) electrons. The van der Waals surface area contributed by atoms with Crippen LogP contribution in [0.25, 0.3) is 0 Å². The molecule has 0 spiro atoms. The second-order valence-corrected chi connectivity index (χ2v) is 4.94. The molecule has 5 nitrogen and oxygen atoms in total. The Kier molecular flexibility index (Phi) is 6.51. The van der Waals surface area contributed by atoms with Gasteiger partial charge in [-0.15, -0.1) is 4.40 Å². The number of rotatable bonds is 6. The Labute approximate surface area is 92.5 Å². The summed E-state index contributed by atoms with van der Waals surface area (Å²) in [4.78, 5) is 1.69. The van der Waals surface area contributed by atoms with Gasteiger partial charge in [-0.25, -0.2) is 5.14 Å². The Morgan fingerprint density at radius 3 is 2.27 bits per heavy atom. The van der Waals surface area contributed by atoms with Crippen molar-refractivity contribution in [1.82, 2.24) is 4.90 Å². The monoisotopic (exact) mass is 235 g/mol. The number of nitrogens with zero attached hydrogens (tertiary/aromatic N) is 2. The minimum atomic E-state index is -3.76. The van der Waals surface area contributed by atoms with Crippen LogP contribution in [0.4, 0.5) is 0 Å². The number of nitrogens with two attached hydrogens (primary N) is 1. The van der Waals surface area contributed by atoms with E-state index in [1.54, 1.807) is 19.0 Å². The van der Waals surface area contributed by atoms with Crippen LogP contribution in [0, 0.1) is 0 Å². The summed E-state index contributed by atoms with van der Waals surface area (Å²) in [6, 6.07) is 0. The van der Waals surface area contributed by atoms with Crippen LogP contribution >= 0.6 is 0 Å². The van der Waals surface area contributed by atoms with Gasteiger partial charge >= 0.3 is 10.2 Å². The van der Waals surface area contributed by atoms with Gasteiger partial charge < -0.3 is 4.90 Å². The van der Waals surface area contributed by atoms with Crippen molar-refractivity contribution in [2.45, 2.75) is 39.0 Å². The minimum Gasteiger partial charge on any atom is -0.365 e. The Bertz CT molecular complexity index is 296. The zero-order chi connectivity index (χ0) is 11.9. The highest BCUT2D eigenvalue weighted by molar-refractivity contribution is 7.88. The van der Waals surface area contributed by atoms with Gasteiger partial charge in [-0.2, -0.15) is 8.42 Å². The number of hydrogen-bond donors (Lipinski definition) is 1. The van der Waals surface area contributed by atoms with Gasteiger partial charge in [0, 0.05) is 20.5 Å². The summed E-state index contributed by atoms with van der Waals surface area (Å²) in [5.41, 5.74) is 0. The zero-order valence-corrected chi connectivity index (χ0v) is 10.5. The Balaban J connectivity index is 4.25. The molecule has 6 heteroatoms. The van der Waals surface area contributed by atoms with Crippen molar-refractivity contribution in [2.24, 2.45) is 9.54 Å². The Morgan fingerprint density at radius 2 is 1.87 bits per heavy atom. The van der Waals surface area contributed by atoms with Gasteiger partial charge in [-0.05, 0) is 6.42 Å². The van der Waals surface area contributed by atoms with E-state index in [0.717, 1.165) is 25.7 Å². The molecule has 0 aromatic rings. The van der Waals surface area contributed by atoms with Gasteiger partial charge in [0.15, 0.2) is 0 Å². The van der Waals surface area contributed by atoms with Crippen molar-refractivity contribution >= 4 is 16.0 Å². The van der Waals surface area contributed by atoms with E-state index in [0.29, 0.717) is 12.3 Å². The number of unbranched alkanes of at least 4 members (excludes halogenated alkanes) is 3. The minimum absolute atomic E-state index is 0.522. The third kappa shape index (κ3) is 8.38. The highest BCUT2D eigenvalue weighted by Crippen LogP contribution is 2.05. The summed E-state index contributed by atoms with van der Waals surface area (Å²) in [6.07, 6.45) is 5.01. The highest BCUT2D eigenvalue weighted by atomic mass is 32.2. The third-order valence-corrected chi connectivity index (χ3v) is 2.47. The molecule has 0 atom stereocenters. The highest BCUT2D eigenvalue weighted by Gasteiger charge is 2.06. The second-order valence-electron chi connectivity index (χ2n) is 3.73. The molecule has 90 valence electrons. The molecular formula is C9H21N3O2S. The van der Waals surface area contributed by atoms with Crippen molar-refractivity contribution in [3.63, 3.8) is 0 Å². The molecule has 0 rings (SSSR count). The van der Waals surface area contributed by atoms with Crippen LogP contribution in [0.15, 0.2) is 4.40 Å². The van der Waals surface area contributed by atoms with Crippen LogP contribution in [0.3, 0.4) is 0 Å². The maximum absolute atomic E-state index is 10.8. The maximum Gasteiger partial charge on any atom is 0.318 e. The molecule has 0 heterocycles. The molecule has 15 heavy (non-hydrogen) atoms. The molecule has 0 bridgehead atoms. The lowest BCUT2D eigenvalue weighted by molar-refractivity contribution is 0.577. The first-order valence-corrected chi connectivity index (χ1v) is 6.66. The summed E-state index contributed by atoms with van der Waals surface area (Å²) in [5.74, 6) is 0.522. The molecule has 0 saturated heterocycles. The lowest BCUT2D eigenvalue weighted by Gasteiger charge is -2.14. The fourth-order valence-electron chi connectivity index (χ4n) is 1.21. The molecule has 0 aromatic heterocycles. The molecule has 0 saturated carbocycles. The molecular weight excluding hydrogens is 214 g/mol. The van der Waals surface area contributed by atoms with Crippen LogP contribution in [0.1, 0.15) is 39.0 Å². The number of amidine groups is 1. The quantitative estimate of drug-likeness (QED) is 0.426. The van der Waals surface area contributed by atoms with Crippen LogP contribution < -0.4 is 5.14 Å². The molecule has 0 aromatic carbocycles. The molecule has 0 aliphatic heterocycles. The van der Waals surface area contributed by atoms with E-state index in [9.17, 15) is 8.42 Å². The summed E-state index contributed by atoms with van der Waals surface area (Å²) in [7, 11) is -0.229. The van der Waals surface area contributed by atoms with Gasteiger partial charge in [-0.1, -0.05) is 26.2 Å². The summed E-state index contributed by atoms with van der Waals surface area (Å²) in [5, 5.41) is 4.86. The van der Waals surface area contributed by atoms with Crippen molar-refractivity contribution in [2.75, 3.05) is 14.1 Å². The fraction of sp³-hybridized carbons (Fsp3) is 0.889. The molecule has 2 N–H and O–H groups in total. The average Bonchev–Trinajstić information content (AvgIpc) is 2.08. The van der Waals surface area contributed by atoms with E-state index < -0.39 is 10.2 Å². The first kappa shape index (κ1) is 14.4. The van der Waals surface area contributed by atoms with Crippen LogP contribution in [-0.4, -0.2) is 33.2 Å². The Morgan fingerprint density at radius 1 is 1.27 bits per heavy atom. The lowest BCUT2D eigenvalue weighted by atomic mass is 10.1. The SMILES string of the molecule is CCCCCCC(=NS(N)(=O)=O)N(C)C. The predicted molar refractivity (Wildman–Crippen MR) is 63.0 cm³/mol. The molecule has 0 amide bonds. The largest absolute Gasteiger partial charge is 0.365 e. The maximum atomic E-state index is 10.8. The Hall–Kier alpha value is -0.620. The van der Waals surface area contributed by atoms with Crippen LogP contribution in [-0.2, 0) is 10.2 Å². The van der Waals surface area contributed by atoms with Gasteiger partial charge in [0.2, 0.25) is 0 Å². The van der Waals surface area contributed by atoms with Crippen molar-refractivity contribution < 1.29 is 8.42 Å². The zero-order valence-electron chi connectivity index (χ0n) is 9.73. The third-order valence-electron chi connectivity index (χ3n) is 2.00. The standard InChI is InChI=1S/C9H21N3O2S/c1-4-5-6-7-8-9(12(2)3)11-15(10,13)14/h4-8H2,1-3H3,(H2,10,13,14). The van der Waals surface area contributed by atoms with Gasteiger partial charge in [0.1, 0.15) is 5.84 Å². The number of hydrogen-bond acceptors (Lipinski definition) is 2. The first-order chi connectivity index (χ1) is 6.87. The van der Waals surface area contributed by atoms with Gasteiger partial charge in [0.25, 0.3) is 0 Å². The predicted octanol–water partition coefficient (Wildman–Crippen LogP) is 1.12. The molecule has 0 aliphatic rings. The fourth-order valence-corrected chi connectivity index (χ4v) is 1.76. The van der Waals surface area contributed by atoms with Crippen LogP contribution in [0.5, 0.6) is 0 Å². The van der Waals surface area contributed by atoms with Gasteiger partial charge in [-0.3, -0.25) is 0 Å². The topological polar surface area (TPSA) is 75.8 Å². The normalized spacial score (nSPS) is 12.9. The van der Waals surface area contributed by atoms with Gasteiger partial charge in [0.05, 0.1) is 0 Å². The average molecular weight is 235 g/mol. The van der Waals surface area contributed by atoms with Crippen LogP contribution in [0.2, 0.25) is 0 Å². The van der Waals surface area contributed by atoms with E-state index in [1.807, 2.05) is 0 Å². The first-order valence-electron chi connectivity index (χ1n) is 5.15. The molecule has 0 unspecified atom stereocenters. The van der Waals surface area contributed by atoms with E-state index in [2.05, 4.69) is 11.3 Å². The van der Waals surface area contributed by atoms with E-state index in [1.165, 1.54) is 0 Å². The second kappa shape index (κ2) is 6.79. The van der Waals surface area contributed by atoms with E-state index in [-0.39, 0.29) is 0 Å². The summed E-state index contributed by atoms with van der Waals surface area (Å²) >= 11 is 0. The lowest BCUT2D eigenvalue weighted by Crippen LogP contribution is -2.25. The smallest absolute Gasteiger partial charge is 0.318 e. The van der Waals surface area contributed by atoms with E-state index in [4.69, 9.17) is 5.14 Å². The molecule has 0 fully saturated rings. The van der Waals surface area contributed by atoms with Crippen molar-refractivity contribution in [1.29, 1.82) is 0 Å². The van der Waals surface area contributed by atoms with Crippen molar-refractivity contribution in [3.8, 4) is 0 Å². The van der Waals surface area contributed by atoms with Crippen molar-refractivity contribution in [3.05, 3.63) is 0 Å². The van der Waals surface area contributed by atoms with E-state index >= 15 is 0 Å². The summed E-state index contributed by atoms with van der Waals surface area (Å²) < 4.78 is 25.1. The molecule has 0 aliphatic carbocycles. The summed E-state index contributed by atoms with van der Waals surface area (Å²) in [6.45, 7) is 2.13.